The molecule has 2 N–H and O–H groups in total. The highest BCUT2D eigenvalue weighted by atomic mass is 32.2. The second-order valence-electron chi connectivity index (χ2n) is 5.11. The maximum atomic E-state index is 12.4. The van der Waals surface area contributed by atoms with Crippen molar-refractivity contribution in [2.45, 2.75) is 17.7 Å². The summed E-state index contributed by atoms with van der Waals surface area (Å²) in [5.41, 5.74) is 3.19. The third-order valence-electron chi connectivity index (χ3n) is 3.59. The van der Waals surface area contributed by atoms with E-state index in [0.717, 1.165) is 21.8 Å². The molecule has 0 saturated carbocycles. The summed E-state index contributed by atoms with van der Waals surface area (Å²) in [6.07, 6.45) is 3.14. The zero-order valence-corrected chi connectivity index (χ0v) is 13.0. The number of hydrogen-bond acceptors (Lipinski definition) is 3. The summed E-state index contributed by atoms with van der Waals surface area (Å²) in [6, 6.07) is 13.1. The predicted octanol–water partition coefficient (Wildman–Crippen LogP) is 3.55. The maximum Gasteiger partial charge on any atom is 0.255 e. The van der Waals surface area contributed by atoms with Gasteiger partial charge in [-0.3, -0.25) is 9.59 Å². The summed E-state index contributed by atoms with van der Waals surface area (Å²) in [4.78, 5) is 24.8. The van der Waals surface area contributed by atoms with E-state index in [9.17, 15) is 9.59 Å². The number of thioether (sulfide) groups is 1. The lowest BCUT2D eigenvalue weighted by Crippen LogP contribution is -2.20. The van der Waals surface area contributed by atoms with Crippen LogP contribution in [0, 0.1) is 0 Å². The molecule has 0 aromatic heterocycles. The molecule has 2 aromatic rings. The van der Waals surface area contributed by atoms with Gasteiger partial charge in [-0.2, -0.15) is 0 Å². The molecule has 4 nitrogen and oxygen atoms in total. The molecular formula is C17H16N2O2S. The number of aryl methyl sites for hydroxylation is 1. The molecule has 1 aliphatic rings. The van der Waals surface area contributed by atoms with Gasteiger partial charge in [0, 0.05) is 28.3 Å². The summed E-state index contributed by atoms with van der Waals surface area (Å²) < 4.78 is 0. The van der Waals surface area contributed by atoms with Crippen LogP contribution in [0.15, 0.2) is 47.4 Å². The van der Waals surface area contributed by atoms with Gasteiger partial charge in [0.2, 0.25) is 5.91 Å². The third kappa shape index (κ3) is 3.14. The zero-order chi connectivity index (χ0) is 15.5. The van der Waals surface area contributed by atoms with Gasteiger partial charge in [0.05, 0.1) is 0 Å². The Bertz CT molecular complexity index is 743. The minimum Gasteiger partial charge on any atom is -0.326 e. The average molecular weight is 312 g/mol. The van der Waals surface area contributed by atoms with Crippen molar-refractivity contribution in [3.63, 3.8) is 0 Å². The molecule has 0 saturated heterocycles. The summed E-state index contributed by atoms with van der Waals surface area (Å²) in [6.45, 7) is 0. The Morgan fingerprint density at radius 1 is 1.18 bits per heavy atom. The number of carbonyl (C=O) groups is 2. The summed E-state index contributed by atoms with van der Waals surface area (Å²) in [5.74, 6) is -0.114. The van der Waals surface area contributed by atoms with Crippen molar-refractivity contribution < 1.29 is 9.59 Å². The quantitative estimate of drug-likeness (QED) is 0.852. The molecule has 3 rings (SSSR count). The average Bonchev–Trinajstić information content (AvgIpc) is 2.54. The zero-order valence-electron chi connectivity index (χ0n) is 12.2. The van der Waals surface area contributed by atoms with Gasteiger partial charge >= 0.3 is 0 Å². The molecule has 0 unspecified atom stereocenters. The number of rotatable bonds is 3. The van der Waals surface area contributed by atoms with Gasteiger partial charge in [-0.05, 0) is 54.6 Å². The number of hydrogen-bond donors (Lipinski definition) is 2. The van der Waals surface area contributed by atoms with Gasteiger partial charge in [0.1, 0.15) is 0 Å². The molecule has 22 heavy (non-hydrogen) atoms. The van der Waals surface area contributed by atoms with Crippen molar-refractivity contribution in [1.82, 2.24) is 0 Å². The van der Waals surface area contributed by atoms with Crippen molar-refractivity contribution in [3.8, 4) is 0 Å². The Morgan fingerprint density at radius 2 is 2.05 bits per heavy atom. The van der Waals surface area contributed by atoms with Crippen LogP contribution in [-0.2, 0) is 11.2 Å². The molecular weight excluding hydrogens is 296 g/mol. The first-order chi connectivity index (χ1) is 10.7. The van der Waals surface area contributed by atoms with E-state index < -0.39 is 0 Å². The van der Waals surface area contributed by atoms with Crippen LogP contribution >= 0.6 is 11.8 Å². The molecule has 5 heteroatoms. The number of carbonyl (C=O) groups excluding carboxylic acids is 2. The number of amides is 2. The standard InChI is InChI=1S/C17H16N2O2S/c1-22-14-4-2-3-13(10-14)18-17(21)12-5-7-15-11(9-12)6-8-16(20)19-15/h2-5,7,9-10H,6,8H2,1H3,(H,18,21)(H,19,20). The van der Waals surface area contributed by atoms with E-state index >= 15 is 0 Å². The Hall–Kier alpha value is -2.27. The first-order valence-corrected chi connectivity index (χ1v) is 8.26. The van der Waals surface area contributed by atoms with Crippen LogP contribution < -0.4 is 10.6 Å². The minimum absolute atomic E-state index is 0.0265. The molecule has 0 radical (unpaired) electrons. The minimum atomic E-state index is -0.141. The van der Waals surface area contributed by atoms with Crippen LogP contribution in [0.25, 0.3) is 0 Å². The van der Waals surface area contributed by atoms with Gasteiger partial charge in [-0.15, -0.1) is 11.8 Å². The van der Waals surface area contributed by atoms with E-state index in [4.69, 9.17) is 0 Å². The van der Waals surface area contributed by atoms with E-state index in [0.29, 0.717) is 18.4 Å². The van der Waals surface area contributed by atoms with E-state index in [1.165, 1.54) is 0 Å². The first-order valence-electron chi connectivity index (χ1n) is 7.04. The molecule has 1 aliphatic heterocycles. The fourth-order valence-electron chi connectivity index (χ4n) is 2.43. The number of fused-ring (bicyclic) bond motifs is 1. The second-order valence-corrected chi connectivity index (χ2v) is 5.99. The van der Waals surface area contributed by atoms with Crippen molar-refractivity contribution in [2.24, 2.45) is 0 Å². The predicted molar refractivity (Wildman–Crippen MR) is 89.6 cm³/mol. The Kier molecular flexibility index (Phi) is 4.15. The Labute approximate surface area is 133 Å². The SMILES string of the molecule is CSc1cccc(NC(=O)c2ccc3c(c2)CCC(=O)N3)c1. The van der Waals surface area contributed by atoms with Gasteiger partial charge in [0.25, 0.3) is 5.91 Å². The number of benzene rings is 2. The summed E-state index contributed by atoms with van der Waals surface area (Å²) in [5, 5.41) is 5.73. The van der Waals surface area contributed by atoms with Crippen LogP contribution in [0.1, 0.15) is 22.3 Å². The summed E-state index contributed by atoms with van der Waals surface area (Å²) in [7, 11) is 0. The molecule has 0 atom stereocenters. The van der Waals surface area contributed by atoms with Crippen molar-refractivity contribution in [1.29, 1.82) is 0 Å². The molecule has 0 aliphatic carbocycles. The second kappa shape index (κ2) is 6.23. The monoisotopic (exact) mass is 312 g/mol. The fourth-order valence-corrected chi connectivity index (χ4v) is 2.89. The molecule has 0 fully saturated rings. The molecule has 2 amide bonds. The van der Waals surface area contributed by atoms with Gasteiger partial charge in [-0.25, -0.2) is 0 Å². The van der Waals surface area contributed by atoms with Crippen molar-refractivity contribution >= 4 is 35.0 Å². The lowest BCUT2D eigenvalue weighted by molar-refractivity contribution is -0.116. The lowest BCUT2D eigenvalue weighted by atomic mass is 10.00. The largest absolute Gasteiger partial charge is 0.326 e. The summed E-state index contributed by atoms with van der Waals surface area (Å²) >= 11 is 1.63. The number of anilines is 2. The van der Waals surface area contributed by atoms with Gasteiger partial charge in [0.15, 0.2) is 0 Å². The maximum absolute atomic E-state index is 12.4. The smallest absolute Gasteiger partial charge is 0.255 e. The van der Waals surface area contributed by atoms with Crippen molar-refractivity contribution in [2.75, 3.05) is 16.9 Å². The van der Waals surface area contributed by atoms with Crippen LogP contribution in [0.4, 0.5) is 11.4 Å². The topological polar surface area (TPSA) is 58.2 Å². The normalized spacial score (nSPS) is 13.2. The Balaban J connectivity index is 1.79. The highest BCUT2D eigenvalue weighted by molar-refractivity contribution is 7.98. The number of nitrogens with one attached hydrogen (secondary N) is 2. The first kappa shape index (κ1) is 14.7. The molecule has 112 valence electrons. The molecule has 0 bridgehead atoms. The molecule has 2 aromatic carbocycles. The highest BCUT2D eigenvalue weighted by Gasteiger charge is 2.16. The van der Waals surface area contributed by atoms with E-state index in [1.54, 1.807) is 23.9 Å². The third-order valence-corrected chi connectivity index (χ3v) is 4.32. The van der Waals surface area contributed by atoms with E-state index in [-0.39, 0.29) is 11.8 Å². The van der Waals surface area contributed by atoms with Crippen LogP contribution in [-0.4, -0.2) is 18.1 Å². The molecule has 1 heterocycles. The van der Waals surface area contributed by atoms with Crippen molar-refractivity contribution in [3.05, 3.63) is 53.6 Å². The fraction of sp³-hybridized carbons (Fsp3) is 0.176. The van der Waals surface area contributed by atoms with E-state index in [2.05, 4.69) is 10.6 Å². The Morgan fingerprint density at radius 3 is 2.86 bits per heavy atom. The lowest BCUT2D eigenvalue weighted by Gasteiger charge is -2.17. The van der Waals surface area contributed by atoms with Crippen LogP contribution in [0.2, 0.25) is 0 Å². The van der Waals surface area contributed by atoms with Gasteiger partial charge < -0.3 is 10.6 Å². The van der Waals surface area contributed by atoms with Crippen LogP contribution in [0.5, 0.6) is 0 Å². The molecule has 0 spiro atoms. The van der Waals surface area contributed by atoms with Gasteiger partial charge in [-0.1, -0.05) is 6.07 Å². The van der Waals surface area contributed by atoms with Crippen LogP contribution in [0.3, 0.4) is 0 Å². The van der Waals surface area contributed by atoms with E-state index in [1.807, 2.05) is 36.6 Å². The highest BCUT2D eigenvalue weighted by Crippen LogP contribution is 2.24.